The van der Waals surface area contributed by atoms with Gasteiger partial charge in [0.15, 0.2) is 0 Å². The minimum absolute atomic E-state index is 0.167. The van der Waals surface area contributed by atoms with Crippen molar-refractivity contribution in [2.75, 3.05) is 0 Å². The summed E-state index contributed by atoms with van der Waals surface area (Å²) in [5.41, 5.74) is 1.52. The molecule has 1 N–H and O–H groups in total. The molecule has 0 bridgehead atoms. The molecule has 2 aromatic rings. The molecule has 1 heterocycles. The van der Waals surface area contributed by atoms with Crippen LogP contribution in [0.1, 0.15) is 15.9 Å². The van der Waals surface area contributed by atoms with E-state index in [1.807, 2.05) is 24.3 Å². The summed E-state index contributed by atoms with van der Waals surface area (Å²) in [6, 6.07) is 11.0. The molecule has 1 amide bonds. The summed E-state index contributed by atoms with van der Waals surface area (Å²) in [6.07, 6.45) is 1.46. The maximum Gasteiger partial charge on any atom is 0.253 e. The predicted molar refractivity (Wildman–Crippen MR) is 74.6 cm³/mol. The molecule has 0 aliphatic rings. The molecule has 0 spiro atoms. The fourth-order valence-corrected chi connectivity index (χ4v) is 2.00. The van der Waals surface area contributed by atoms with Crippen LogP contribution in [0.3, 0.4) is 0 Å². The van der Waals surface area contributed by atoms with Gasteiger partial charge in [-0.3, -0.25) is 4.79 Å². The number of halogens is 2. The first-order valence-corrected chi connectivity index (χ1v) is 6.46. The number of hydrogen-bond donors (Lipinski definition) is 1. The monoisotopic (exact) mass is 324 g/mol. The number of nitrogens with zero attached hydrogens (tertiary/aromatic N) is 1. The number of carbonyl (C=O) groups excluding carboxylic acids is 1. The van der Waals surface area contributed by atoms with Crippen LogP contribution in [0.5, 0.6) is 0 Å². The average Bonchev–Trinajstić information content (AvgIpc) is 2.37. The zero-order chi connectivity index (χ0) is 13.0. The first-order chi connectivity index (χ1) is 8.65. The van der Waals surface area contributed by atoms with Gasteiger partial charge in [-0.2, -0.15) is 0 Å². The smallest absolute Gasteiger partial charge is 0.253 e. The first-order valence-electron chi connectivity index (χ1n) is 5.29. The summed E-state index contributed by atoms with van der Waals surface area (Å²) in [5.74, 6) is -0.167. The first kappa shape index (κ1) is 13.1. The maximum atomic E-state index is 11.8. The van der Waals surface area contributed by atoms with E-state index in [0.29, 0.717) is 17.3 Å². The molecule has 5 heteroatoms. The van der Waals surface area contributed by atoms with E-state index in [9.17, 15) is 4.79 Å². The summed E-state index contributed by atoms with van der Waals surface area (Å²) in [7, 11) is 0. The Labute approximate surface area is 118 Å². The Bertz CT molecular complexity index is 557. The fraction of sp³-hybridized carbons (Fsp3) is 0.0769. The van der Waals surface area contributed by atoms with Crippen LogP contribution < -0.4 is 5.32 Å². The number of pyridine rings is 1. The van der Waals surface area contributed by atoms with Gasteiger partial charge in [0.1, 0.15) is 5.15 Å². The van der Waals surface area contributed by atoms with Crippen LogP contribution in [0.2, 0.25) is 5.15 Å². The molecular weight excluding hydrogens is 316 g/mol. The fourth-order valence-electron chi connectivity index (χ4n) is 1.44. The van der Waals surface area contributed by atoms with Gasteiger partial charge < -0.3 is 5.32 Å². The molecule has 18 heavy (non-hydrogen) atoms. The summed E-state index contributed by atoms with van der Waals surface area (Å²) < 4.78 is 0.988. The van der Waals surface area contributed by atoms with E-state index >= 15 is 0 Å². The molecule has 2 rings (SSSR count). The van der Waals surface area contributed by atoms with E-state index in [1.54, 1.807) is 12.1 Å². The molecule has 1 aromatic heterocycles. The highest BCUT2D eigenvalue weighted by atomic mass is 79.9. The number of carbonyl (C=O) groups is 1. The van der Waals surface area contributed by atoms with Crippen molar-refractivity contribution >= 4 is 33.4 Å². The standard InChI is InChI=1S/C13H10BrClN2O/c14-11-3-1-2-9(6-11)7-17-13(18)10-4-5-12(15)16-8-10/h1-6,8H,7H2,(H,17,18). The van der Waals surface area contributed by atoms with Crippen molar-refractivity contribution in [1.29, 1.82) is 0 Å². The highest BCUT2D eigenvalue weighted by Gasteiger charge is 2.05. The van der Waals surface area contributed by atoms with Crippen LogP contribution in [0.15, 0.2) is 47.1 Å². The number of rotatable bonds is 3. The van der Waals surface area contributed by atoms with Gasteiger partial charge in [0, 0.05) is 17.2 Å². The Morgan fingerprint density at radius 1 is 1.33 bits per heavy atom. The summed E-state index contributed by atoms with van der Waals surface area (Å²) >= 11 is 9.04. The van der Waals surface area contributed by atoms with Crippen molar-refractivity contribution in [1.82, 2.24) is 10.3 Å². The third-order valence-corrected chi connectivity index (χ3v) is 3.05. The lowest BCUT2D eigenvalue weighted by Gasteiger charge is -2.05. The largest absolute Gasteiger partial charge is 0.348 e. The Morgan fingerprint density at radius 2 is 2.17 bits per heavy atom. The van der Waals surface area contributed by atoms with Gasteiger partial charge >= 0.3 is 0 Å². The van der Waals surface area contributed by atoms with Crippen LogP contribution in [0.4, 0.5) is 0 Å². The number of benzene rings is 1. The average molecular weight is 326 g/mol. The number of nitrogens with one attached hydrogen (secondary N) is 1. The van der Waals surface area contributed by atoms with E-state index in [0.717, 1.165) is 10.0 Å². The molecule has 0 unspecified atom stereocenters. The Hall–Kier alpha value is -1.39. The van der Waals surface area contributed by atoms with Gasteiger partial charge in [-0.15, -0.1) is 0 Å². The molecule has 0 aliphatic carbocycles. The molecule has 0 atom stereocenters. The minimum atomic E-state index is -0.167. The lowest BCUT2D eigenvalue weighted by atomic mass is 10.2. The second kappa shape index (κ2) is 5.98. The molecule has 0 aliphatic heterocycles. The third-order valence-electron chi connectivity index (χ3n) is 2.33. The zero-order valence-electron chi connectivity index (χ0n) is 9.36. The van der Waals surface area contributed by atoms with E-state index < -0.39 is 0 Å². The zero-order valence-corrected chi connectivity index (χ0v) is 11.7. The SMILES string of the molecule is O=C(NCc1cccc(Br)c1)c1ccc(Cl)nc1. The Balaban J connectivity index is 1.98. The van der Waals surface area contributed by atoms with E-state index in [2.05, 4.69) is 26.2 Å². The second-order valence-corrected chi connectivity index (χ2v) is 4.99. The molecule has 0 saturated carbocycles. The van der Waals surface area contributed by atoms with E-state index in [-0.39, 0.29) is 5.91 Å². The molecule has 0 fully saturated rings. The van der Waals surface area contributed by atoms with Gasteiger partial charge in [-0.25, -0.2) is 4.98 Å². The summed E-state index contributed by atoms with van der Waals surface area (Å²) in [4.78, 5) is 15.7. The molecular formula is C13H10BrClN2O. The van der Waals surface area contributed by atoms with Crippen molar-refractivity contribution in [3.8, 4) is 0 Å². The summed E-state index contributed by atoms with van der Waals surface area (Å²) in [6.45, 7) is 0.473. The topological polar surface area (TPSA) is 42.0 Å². The van der Waals surface area contributed by atoms with Crippen molar-refractivity contribution in [3.05, 3.63) is 63.3 Å². The van der Waals surface area contributed by atoms with Crippen molar-refractivity contribution < 1.29 is 4.79 Å². The summed E-state index contributed by atoms with van der Waals surface area (Å²) in [5, 5.41) is 3.19. The molecule has 0 radical (unpaired) electrons. The lowest BCUT2D eigenvalue weighted by molar-refractivity contribution is 0.0950. The normalized spacial score (nSPS) is 10.1. The quantitative estimate of drug-likeness (QED) is 0.879. The van der Waals surface area contributed by atoms with Gasteiger partial charge in [0.25, 0.3) is 5.91 Å². The molecule has 3 nitrogen and oxygen atoms in total. The number of aromatic nitrogens is 1. The lowest BCUT2D eigenvalue weighted by Crippen LogP contribution is -2.22. The van der Waals surface area contributed by atoms with Crippen molar-refractivity contribution in [2.45, 2.75) is 6.54 Å². The maximum absolute atomic E-state index is 11.8. The van der Waals surface area contributed by atoms with Gasteiger partial charge in [0.05, 0.1) is 5.56 Å². The van der Waals surface area contributed by atoms with Crippen LogP contribution in [0, 0.1) is 0 Å². The van der Waals surface area contributed by atoms with Crippen molar-refractivity contribution in [2.24, 2.45) is 0 Å². The highest BCUT2D eigenvalue weighted by molar-refractivity contribution is 9.10. The van der Waals surface area contributed by atoms with Gasteiger partial charge in [0.2, 0.25) is 0 Å². The molecule has 1 aromatic carbocycles. The predicted octanol–water partition coefficient (Wildman–Crippen LogP) is 3.43. The van der Waals surface area contributed by atoms with E-state index in [4.69, 9.17) is 11.6 Å². The van der Waals surface area contributed by atoms with E-state index in [1.165, 1.54) is 6.20 Å². The minimum Gasteiger partial charge on any atom is -0.348 e. The molecule has 92 valence electrons. The Morgan fingerprint density at radius 3 is 2.83 bits per heavy atom. The third kappa shape index (κ3) is 3.55. The van der Waals surface area contributed by atoms with Gasteiger partial charge in [-0.1, -0.05) is 39.7 Å². The molecule has 0 saturated heterocycles. The van der Waals surface area contributed by atoms with Crippen LogP contribution in [0.25, 0.3) is 0 Å². The Kier molecular flexibility index (Phi) is 4.33. The highest BCUT2D eigenvalue weighted by Crippen LogP contribution is 2.11. The van der Waals surface area contributed by atoms with Gasteiger partial charge in [-0.05, 0) is 29.8 Å². The van der Waals surface area contributed by atoms with Crippen LogP contribution in [-0.2, 0) is 6.54 Å². The number of amides is 1. The second-order valence-electron chi connectivity index (χ2n) is 3.68. The van der Waals surface area contributed by atoms with Crippen LogP contribution in [-0.4, -0.2) is 10.9 Å². The van der Waals surface area contributed by atoms with Crippen LogP contribution >= 0.6 is 27.5 Å². The number of hydrogen-bond acceptors (Lipinski definition) is 2. The van der Waals surface area contributed by atoms with Crippen molar-refractivity contribution in [3.63, 3.8) is 0 Å².